The van der Waals surface area contributed by atoms with Crippen LogP contribution in [0.2, 0.25) is 0 Å². The third-order valence-corrected chi connectivity index (χ3v) is 5.22. The van der Waals surface area contributed by atoms with E-state index in [2.05, 4.69) is 39.0 Å². The average Bonchev–Trinajstić information content (AvgIpc) is 3.12. The van der Waals surface area contributed by atoms with Crippen molar-refractivity contribution in [3.63, 3.8) is 0 Å². The number of benzene rings is 2. The minimum absolute atomic E-state index is 0.0999. The van der Waals surface area contributed by atoms with Crippen LogP contribution in [0.15, 0.2) is 60.8 Å². The first-order chi connectivity index (χ1) is 12.2. The van der Waals surface area contributed by atoms with Crippen LogP contribution >= 0.6 is 0 Å². The molecule has 25 heavy (non-hydrogen) atoms. The van der Waals surface area contributed by atoms with Gasteiger partial charge in [-0.05, 0) is 25.1 Å². The van der Waals surface area contributed by atoms with E-state index in [0.717, 1.165) is 42.6 Å². The number of anilines is 1. The molecule has 1 N–H and O–H groups in total. The second-order valence-corrected chi connectivity index (χ2v) is 6.65. The van der Waals surface area contributed by atoms with Gasteiger partial charge in [0.15, 0.2) is 5.78 Å². The Morgan fingerprint density at radius 3 is 2.40 bits per heavy atom. The predicted octanol–water partition coefficient (Wildman–Crippen LogP) is 3.56. The molecule has 0 amide bonds. The van der Waals surface area contributed by atoms with Crippen molar-refractivity contribution >= 4 is 22.4 Å². The van der Waals surface area contributed by atoms with Crippen LogP contribution in [0.4, 0.5) is 5.69 Å². The first kappa shape index (κ1) is 15.9. The zero-order valence-corrected chi connectivity index (χ0v) is 14.5. The molecular weight excluding hydrogens is 310 g/mol. The number of rotatable bonds is 4. The molecule has 1 fully saturated rings. The summed E-state index contributed by atoms with van der Waals surface area (Å²) in [6, 6.07) is 18.4. The van der Waals surface area contributed by atoms with E-state index in [1.54, 1.807) is 0 Å². The lowest BCUT2D eigenvalue weighted by molar-refractivity contribution is 0.0831. The lowest BCUT2D eigenvalue weighted by Crippen LogP contribution is -2.51. The van der Waals surface area contributed by atoms with Gasteiger partial charge in [-0.25, -0.2) is 0 Å². The SMILES string of the molecule is CC(C(=O)c1c[nH]c2ccccc12)N1CCN(c2ccccc2)CC1. The van der Waals surface area contributed by atoms with Crippen LogP contribution in [0.1, 0.15) is 17.3 Å². The van der Waals surface area contributed by atoms with Gasteiger partial charge < -0.3 is 9.88 Å². The average molecular weight is 333 g/mol. The first-order valence-corrected chi connectivity index (χ1v) is 8.88. The molecule has 4 heteroatoms. The summed E-state index contributed by atoms with van der Waals surface area (Å²) < 4.78 is 0. The third-order valence-electron chi connectivity index (χ3n) is 5.22. The second-order valence-electron chi connectivity index (χ2n) is 6.65. The standard InChI is InChI=1S/C21H23N3O/c1-16(21(25)19-15-22-20-10-6-5-9-18(19)20)23-11-13-24(14-12-23)17-7-3-2-4-8-17/h2-10,15-16,22H,11-14H2,1H3. The molecule has 0 saturated carbocycles. The number of piperazine rings is 1. The number of fused-ring (bicyclic) bond motifs is 1. The summed E-state index contributed by atoms with van der Waals surface area (Å²) in [5, 5.41) is 1.02. The summed E-state index contributed by atoms with van der Waals surface area (Å²) in [5.74, 6) is 0.200. The predicted molar refractivity (Wildman–Crippen MR) is 102 cm³/mol. The molecule has 2 heterocycles. The van der Waals surface area contributed by atoms with Gasteiger partial charge in [0.1, 0.15) is 0 Å². The maximum atomic E-state index is 13.0. The molecule has 4 rings (SSSR count). The highest BCUT2D eigenvalue weighted by atomic mass is 16.1. The van der Waals surface area contributed by atoms with E-state index in [-0.39, 0.29) is 11.8 Å². The summed E-state index contributed by atoms with van der Waals surface area (Å²) in [6.07, 6.45) is 1.85. The molecule has 1 atom stereocenters. The summed E-state index contributed by atoms with van der Waals surface area (Å²) in [7, 11) is 0. The van der Waals surface area contributed by atoms with Gasteiger partial charge in [-0.1, -0.05) is 36.4 Å². The highest BCUT2D eigenvalue weighted by Gasteiger charge is 2.27. The van der Waals surface area contributed by atoms with Crippen LogP contribution in [0.5, 0.6) is 0 Å². The molecule has 0 spiro atoms. The number of ketones is 1. The quantitative estimate of drug-likeness (QED) is 0.742. The Bertz CT molecular complexity index is 863. The molecule has 0 radical (unpaired) electrons. The Balaban J connectivity index is 1.45. The second kappa shape index (κ2) is 6.73. The van der Waals surface area contributed by atoms with E-state index in [9.17, 15) is 4.79 Å². The third kappa shape index (κ3) is 3.05. The fraction of sp³-hybridized carbons (Fsp3) is 0.286. The van der Waals surface area contributed by atoms with Crippen molar-refractivity contribution < 1.29 is 4.79 Å². The highest BCUT2D eigenvalue weighted by Crippen LogP contribution is 2.22. The monoisotopic (exact) mass is 333 g/mol. The fourth-order valence-electron chi connectivity index (χ4n) is 3.67. The minimum atomic E-state index is -0.0999. The number of carbonyl (C=O) groups excluding carboxylic acids is 1. The van der Waals surface area contributed by atoms with Gasteiger partial charge in [0.2, 0.25) is 0 Å². The van der Waals surface area contributed by atoms with E-state index in [0.29, 0.717) is 0 Å². The fourth-order valence-corrected chi connectivity index (χ4v) is 3.67. The van der Waals surface area contributed by atoms with Gasteiger partial charge in [0.05, 0.1) is 6.04 Å². The smallest absolute Gasteiger partial charge is 0.181 e. The van der Waals surface area contributed by atoms with Crippen molar-refractivity contribution in [1.29, 1.82) is 0 Å². The Labute approximate surface area is 148 Å². The minimum Gasteiger partial charge on any atom is -0.369 e. The molecule has 1 aromatic heterocycles. The number of hydrogen-bond donors (Lipinski definition) is 1. The van der Waals surface area contributed by atoms with E-state index in [1.807, 2.05) is 43.5 Å². The lowest BCUT2D eigenvalue weighted by atomic mass is 10.0. The Morgan fingerprint density at radius 1 is 0.960 bits per heavy atom. The molecule has 2 aromatic carbocycles. The van der Waals surface area contributed by atoms with Gasteiger partial charge in [-0.15, -0.1) is 0 Å². The molecule has 128 valence electrons. The van der Waals surface area contributed by atoms with Crippen LogP contribution in [0.25, 0.3) is 10.9 Å². The molecule has 1 aliphatic heterocycles. The Hall–Kier alpha value is -2.59. The molecule has 3 aromatic rings. The zero-order valence-electron chi connectivity index (χ0n) is 14.5. The zero-order chi connectivity index (χ0) is 17.2. The molecule has 1 saturated heterocycles. The van der Waals surface area contributed by atoms with Crippen molar-refractivity contribution in [1.82, 2.24) is 9.88 Å². The number of carbonyl (C=O) groups is 1. The van der Waals surface area contributed by atoms with Gasteiger partial charge >= 0.3 is 0 Å². The number of hydrogen-bond acceptors (Lipinski definition) is 3. The lowest BCUT2D eigenvalue weighted by Gasteiger charge is -2.38. The molecular formula is C21H23N3O. The number of nitrogens with one attached hydrogen (secondary N) is 1. The number of aromatic nitrogens is 1. The van der Waals surface area contributed by atoms with E-state index < -0.39 is 0 Å². The van der Waals surface area contributed by atoms with Crippen molar-refractivity contribution in [2.24, 2.45) is 0 Å². The van der Waals surface area contributed by atoms with Crippen molar-refractivity contribution in [3.05, 3.63) is 66.4 Å². The van der Waals surface area contributed by atoms with Crippen LogP contribution in [0.3, 0.4) is 0 Å². The number of aromatic amines is 1. The first-order valence-electron chi connectivity index (χ1n) is 8.88. The molecule has 0 bridgehead atoms. The topological polar surface area (TPSA) is 39.3 Å². The van der Waals surface area contributed by atoms with Crippen molar-refractivity contribution in [3.8, 4) is 0 Å². The summed E-state index contributed by atoms with van der Waals surface area (Å²) >= 11 is 0. The van der Waals surface area contributed by atoms with Crippen molar-refractivity contribution in [2.75, 3.05) is 31.1 Å². The van der Waals surface area contributed by atoms with Gasteiger partial charge in [-0.3, -0.25) is 9.69 Å². The van der Waals surface area contributed by atoms with E-state index in [1.165, 1.54) is 5.69 Å². The number of H-pyrrole nitrogens is 1. The van der Waals surface area contributed by atoms with Crippen molar-refractivity contribution in [2.45, 2.75) is 13.0 Å². The highest BCUT2D eigenvalue weighted by molar-refractivity contribution is 6.10. The Kier molecular flexibility index (Phi) is 4.28. The molecule has 0 aliphatic carbocycles. The summed E-state index contributed by atoms with van der Waals surface area (Å²) in [5.41, 5.74) is 3.08. The van der Waals surface area contributed by atoms with Crippen LogP contribution in [-0.4, -0.2) is 47.9 Å². The van der Waals surface area contributed by atoms with Gasteiger partial charge in [0.25, 0.3) is 0 Å². The number of Topliss-reactive ketones (excluding diaryl/α,β-unsaturated/α-hetero) is 1. The van der Waals surface area contributed by atoms with Gasteiger partial charge in [-0.2, -0.15) is 0 Å². The summed E-state index contributed by atoms with van der Waals surface area (Å²) in [6.45, 7) is 5.75. The van der Waals surface area contributed by atoms with E-state index >= 15 is 0 Å². The van der Waals surface area contributed by atoms with Gasteiger partial charge in [0, 0.05) is 54.5 Å². The Morgan fingerprint density at radius 2 is 1.64 bits per heavy atom. The van der Waals surface area contributed by atoms with E-state index in [4.69, 9.17) is 0 Å². The molecule has 1 unspecified atom stereocenters. The molecule has 4 nitrogen and oxygen atoms in total. The maximum Gasteiger partial charge on any atom is 0.181 e. The number of nitrogens with zero attached hydrogens (tertiary/aromatic N) is 2. The van der Waals surface area contributed by atoms with Crippen LogP contribution in [0, 0.1) is 0 Å². The molecule has 1 aliphatic rings. The normalized spacial score (nSPS) is 16.9. The maximum absolute atomic E-state index is 13.0. The van der Waals surface area contributed by atoms with Crippen LogP contribution < -0.4 is 4.90 Å². The largest absolute Gasteiger partial charge is 0.369 e. The number of para-hydroxylation sites is 2. The summed E-state index contributed by atoms with van der Waals surface area (Å²) in [4.78, 5) is 20.9. The van der Waals surface area contributed by atoms with Crippen LogP contribution in [-0.2, 0) is 0 Å².